The van der Waals surface area contributed by atoms with Crippen molar-refractivity contribution in [1.82, 2.24) is 10.1 Å². The zero-order valence-electron chi connectivity index (χ0n) is 15.2. The summed E-state index contributed by atoms with van der Waals surface area (Å²) in [5.41, 5.74) is 6.24. The van der Waals surface area contributed by atoms with Gasteiger partial charge >= 0.3 is 0 Å². The average molecular weight is 342 g/mol. The molecule has 0 N–H and O–H groups in total. The zero-order valence-corrected chi connectivity index (χ0v) is 15.2. The molecule has 2 aromatic heterocycles. The minimum atomic E-state index is 0.734. The highest BCUT2D eigenvalue weighted by molar-refractivity contribution is 5.83. The number of hydrogen-bond donors (Lipinski definition) is 0. The summed E-state index contributed by atoms with van der Waals surface area (Å²) in [7, 11) is 0. The molecule has 4 aromatic rings. The summed E-state index contributed by atoms with van der Waals surface area (Å²) >= 11 is 0. The number of unbranched alkanes of at least 4 members (excludes halogenated alkanes) is 1. The summed E-state index contributed by atoms with van der Waals surface area (Å²) in [4.78, 5) is 4.89. The van der Waals surface area contributed by atoms with E-state index in [4.69, 9.17) is 9.51 Å². The molecule has 0 fully saturated rings. The molecule has 2 aromatic carbocycles. The topological polar surface area (TPSA) is 38.9 Å². The highest BCUT2D eigenvalue weighted by Gasteiger charge is 2.15. The molecule has 2 heterocycles. The normalized spacial score (nSPS) is 11.2. The fourth-order valence-electron chi connectivity index (χ4n) is 3.18. The van der Waals surface area contributed by atoms with Crippen LogP contribution in [-0.4, -0.2) is 10.1 Å². The van der Waals surface area contributed by atoms with Gasteiger partial charge in [-0.25, -0.2) is 4.98 Å². The first-order valence-electron chi connectivity index (χ1n) is 9.17. The van der Waals surface area contributed by atoms with Crippen molar-refractivity contribution in [2.75, 3.05) is 0 Å². The Balaban J connectivity index is 1.78. The third-order valence-corrected chi connectivity index (χ3v) is 4.69. The number of para-hydroxylation sites is 1. The maximum atomic E-state index is 5.69. The molecule has 0 saturated carbocycles. The number of benzene rings is 2. The molecule has 0 aliphatic rings. The van der Waals surface area contributed by atoms with E-state index in [1.165, 1.54) is 16.5 Å². The molecular weight excluding hydrogens is 320 g/mol. The Bertz CT molecular complexity index is 1030. The van der Waals surface area contributed by atoms with Crippen LogP contribution in [0.3, 0.4) is 0 Å². The molecule has 0 aliphatic heterocycles. The summed E-state index contributed by atoms with van der Waals surface area (Å²) in [6.45, 7) is 4.29. The quantitative estimate of drug-likeness (QED) is 0.433. The number of pyridine rings is 1. The summed E-state index contributed by atoms with van der Waals surface area (Å²) in [6.07, 6.45) is 3.27. The number of rotatable bonds is 5. The van der Waals surface area contributed by atoms with Crippen LogP contribution < -0.4 is 0 Å². The number of fused-ring (bicyclic) bond motifs is 1. The zero-order chi connectivity index (χ0) is 17.9. The molecule has 0 radical (unpaired) electrons. The molecule has 130 valence electrons. The number of aromatic nitrogens is 2. The van der Waals surface area contributed by atoms with Crippen LogP contribution in [0.2, 0.25) is 0 Å². The van der Waals surface area contributed by atoms with Gasteiger partial charge in [-0.3, -0.25) is 0 Å². The fourth-order valence-corrected chi connectivity index (χ4v) is 3.18. The van der Waals surface area contributed by atoms with E-state index in [-0.39, 0.29) is 0 Å². The molecule has 26 heavy (non-hydrogen) atoms. The fraction of sp³-hybridized carbons (Fsp3) is 0.217. The van der Waals surface area contributed by atoms with Gasteiger partial charge in [-0.05, 0) is 37.5 Å². The Hall–Kier alpha value is -2.94. The van der Waals surface area contributed by atoms with E-state index in [9.17, 15) is 0 Å². The van der Waals surface area contributed by atoms with Crippen LogP contribution in [0.4, 0.5) is 0 Å². The Morgan fingerprint density at radius 1 is 0.962 bits per heavy atom. The van der Waals surface area contributed by atoms with Gasteiger partial charge in [0.15, 0.2) is 5.76 Å². The molecule has 0 unspecified atom stereocenters. The van der Waals surface area contributed by atoms with Gasteiger partial charge in [0.25, 0.3) is 0 Å². The van der Waals surface area contributed by atoms with Crippen LogP contribution in [-0.2, 0) is 6.42 Å². The number of nitrogens with zero attached hydrogens (tertiary/aromatic N) is 2. The minimum absolute atomic E-state index is 0.734. The molecule has 3 nitrogen and oxygen atoms in total. The third kappa shape index (κ3) is 3.25. The monoisotopic (exact) mass is 342 g/mol. The Morgan fingerprint density at radius 3 is 2.58 bits per heavy atom. The van der Waals surface area contributed by atoms with Crippen molar-refractivity contribution in [3.63, 3.8) is 0 Å². The molecule has 0 bridgehead atoms. The van der Waals surface area contributed by atoms with E-state index in [2.05, 4.69) is 61.5 Å². The smallest absolute Gasteiger partial charge is 0.186 e. The maximum absolute atomic E-state index is 5.69. The molecular formula is C23H22N2O. The lowest BCUT2D eigenvalue weighted by atomic mass is 10.0. The second kappa shape index (κ2) is 7.12. The Kier molecular flexibility index (Phi) is 4.53. The summed E-state index contributed by atoms with van der Waals surface area (Å²) in [6, 6.07) is 20.8. The van der Waals surface area contributed by atoms with E-state index in [1.807, 2.05) is 18.2 Å². The molecule has 3 heteroatoms. The first-order valence-corrected chi connectivity index (χ1v) is 9.17. The summed E-state index contributed by atoms with van der Waals surface area (Å²) in [5, 5.41) is 5.45. The predicted molar refractivity (Wildman–Crippen MR) is 106 cm³/mol. The standard InChI is InChI=1S/C23H22N2O/c1-3-4-7-19-14-18-8-5-6-9-20(18)24-23(19)22-15-21(25-26-22)17-12-10-16(2)11-13-17/h5-6,8-15H,3-4,7H2,1-2H3. The van der Waals surface area contributed by atoms with Crippen LogP contribution in [0.5, 0.6) is 0 Å². The van der Waals surface area contributed by atoms with Crippen LogP contribution >= 0.6 is 0 Å². The highest BCUT2D eigenvalue weighted by atomic mass is 16.5. The van der Waals surface area contributed by atoms with Crippen LogP contribution in [0.25, 0.3) is 33.6 Å². The lowest BCUT2D eigenvalue weighted by Gasteiger charge is -2.08. The maximum Gasteiger partial charge on any atom is 0.186 e. The van der Waals surface area contributed by atoms with Crippen molar-refractivity contribution in [3.05, 3.63) is 71.8 Å². The summed E-state index contributed by atoms with van der Waals surface area (Å²) in [5.74, 6) is 0.734. The minimum Gasteiger partial charge on any atom is -0.354 e. The van der Waals surface area contributed by atoms with Gasteiger partial charge in [-0.15, -0.1) is 0 Å². The van der Waals surface area contributed by atoms with E-state index in [1.54, 1.807) is 0 Å². The van der Waals surface area contributed by atoms with Crippen LogP contribution in [0.1, 0.15) is 30.9 Å². The van der Waals surface area contributed by atoms with E-state index >= 15 is 0 Å². The van der Waals surface area contributed by atoms with E-state index in [0.29, 0.717) is 0 Å². The Morgan fingerprint density at radius 2 is 1.77 bits per heavy atom. The van der Waals surface area contributed by atoms with Crippen LogP contribution in [0.15, 0.2) is 65.2 Å². The molecule has 0 amide bonds. The first-order chi connectivity index (χ1) is 12.7. The van der Waals surface area contributed by atoms with E-state index in [0.717, 1.165) is 47.5 Å². The lowest BCUT2D eigenvalue weighted by Crippen LogP contribution is -1.94. The predicted octanol–water partition coefficient (Wildman–Crippen LogP) is 6.21. The SMILES string of the molecule is CCCCc1cc2ccccc2nc1-c1cc(-c2ccc(C)cc2)no1. The van der Waals surface area contributed by atoms with Crippen LogP contribution in [0, 0.1) is 6.92 Å². The average Bonchev–Trinajstić information content (AvgIpc) is 3.16. The van der Waals surface area contributed by atoms with Gasteiger partial charge in [0.1, 0.15) is 11.4 Å². The van der Waals surface area contributed by atoms with Crippen molar-refractivity contribution in [2.45, 2.75) is 33.1 Å². The second-order valence-corrected chi connectivity index (χ2v) is 6.73. The lowest BCUT2D eigenvalue weighted by molar-refractivity contribution is 0.433. The van der Waals surface area contributed by atoms with Crippen molar-refractivity contribution >= 4 is 10.9 Å². The van der Waals surface area contributed by atoms with Crippen molar-refractivity contribution in [2.24, 2.45) is 0 Å². The first kappa shape index (κ1) is 16.5. The number of aryl methyl sites for hydroxylation is 2. The summed E-state index contributed by atoms with van der Waals surface area (Å²) < 4.78 is 5.69. The largest absolute Gasteiger partial charge is 0.354 e. The molecule has 0 aliphatic carbocycles. The number of hydrogen-bond acceptors (Lipinski definition) is 3. The second-order valence-electron chi connectivity index (χ2n) is 6.73. The Labute approximate surface area is 153 Å². The van der Waals surface area contributed by atoms with E-state index < -0.39 is 0 Å². The van der Waals surface area contributed by atoms with Gasteiger partial charge in [0.2, 0.25) is 0 Å². The molecule has 0 atom stereocenters. The third-order valence-electron chi connectivity index (χ3n) is 4.69. The van der Waals surface area contributed by atoms with Gasteiger partial charge < -0.3 is 4.52 Å². The van der Waals surface area contributed by atoms with Gasteiger partial charge in [-0.1, -0.05) is 66.5 Å². The van der Waals surface area contributed by atoms with Gasteiger partial charge in [0, 0.05) is 17.0 Å². The molecule has 4 rings (SSSR count). The molecule has 0 spiro atoms. The van der Waals surface area contributed by atoms with Crippen molar-refractivity contribution in [3.8, 4) is 22.7 Å². The van der Waals surface area contributed by atoms with Gasteiger partial charge in [-0.2, -0.15) is 0 Å². The van der Waals surface area contributed by atoms with Gasteiger partial charge in [0.05, 0.1) is 5.52 Å². The van der Waals surface area contributed by atoms with Crippen molar-refractivity contribution < 1.29 is 4.52 Å². The highest BCUT2D eigenvalue weighted by Crippen LogP contribution is 2.30. The van der Waals surface area contributed by atoms with Crippen molar-refractivity contribution in [1.29, 1.82) is 0 Å². The molecule has 0 saturated heterocycles.